The molecule has 0 radical (unpaired) electrons. The second kappa shape index (κ2) is 4.26. The van der Waals surface area contributed by atoms with Crippen LogP contribution in [0.5, 0.6) is 0 Å². The van der Waals surface area contributed by atoms with Crippen LogP contribution in [-0.4, -0.2) is 25.7 Å². The van der Waals surface area contributed by atoms with Crippen molar-refractivity contribution >= 4 is 33.3 Å². The summed E-state index contributed by atoms with van der Waals surface area (Å²) in [5.74, 6) is -2.34. The first-order valence-corrected chi connectivity index (χ1v) is 6.18. The Hall–Kier alpha value is -1.34. The average molecular weight is 268 g/mol. The molecular formula is C8H7ClFNO4S. The fourth-order valence-corrected chi connectivity index (χ4v) is 1.93. The van der Waals surface area contributed by atoms with Gasteiger partial charge < -0.3 is 5.11 Å². The number of carboxylic acid groups (broad SMARTS) is 1. The van der Waals surface area contributed by atoms with Gasteiger partial charge in [0.1, 0.15) is 5.82 Å². The predicted molar refractivity (Wildman–Crippen MR) is 56.8 cm³/mol. The second-order valence-corrected chi connectivity index (χ2v) is 5.15. The molecule has 0 fully saturated rings. The summed E-state index contributed by atoms with van der Waals surface area (Å²) in [6.45, 7) is 0. The lowest BCUT2D eigenvalue weighted by atomic mass is 10.2. The van der Waals surface area contributed by atoms with Crippen LogP contribution in [0.15, 0.2) is 12.1 Å². The Morgan fingerprint density at radius 3 is 2.50 bits per heavy atom. The van der Waals surface area contributed by atoms with Gasteiger partial charge in [0, 0.05) is 0 Å². The zero-order chi connectivity index (χ0) is 12.5. The number of carboxylic acids is 1. The van der Waals surface area contributed by atoms with Crippen LogP contribution in [0.2, 0.25) is 5.02 Å². The largest absolute Gasteiger partial charge is 0.478 e. The third-order valence-electron chi connectivity index (χ3n) is 1.57. The van der Waals surface area contributed by atoms with Gasteiger partial charge in [-0.1, -0.05) is 11.6 Å². The molecule has 0 saturated carbocycles. The van der Waals surface area contributed by atoms with E-state index in [9.17, 15) is 17.6 Å². The van der Waals surface area contributed by atoms with Gasteiger partial charge in [-0.3, -0.25) is 4.72 Å². The van der Waals surface area contributed by atoms with E-state index in [0.29, 0.717) is 6.07 Å². The SMILES string of the molecule is CS(=O)(=O)Nc1c(Cl)cc(F)cc1C(=O)O. The zero-order valence-corrected chi connectivity index (χ0v) is 9.56. The van der Waals surface area contributed by atoms with Crippen molar-refractivity contribution < 1.29 is 22.7 Å². The highest BCUT2D eigenvalue weighted by atomic mass is 35.5. The molecule has 0 amide bonds. The van der Waals surface area contributed by atoms with Gasteiger partial charge in [-0.05, 0) is 12.1 Å². The Morgan fingerprint density at radius 2 is 2.06 bits per heavy atom. The molecule has 0 unspecified atom stereocenters. The number of anilines is 1. The number of nitrogens with one attached hydrogen (secondary N) is 1. The first-order chi connectivity index (χ1) is 7.20. The van der Waals surface area contributed by atoms with Crippen LogP contribution >= 0.6 is 11.6 Å². The van der Waals surface area contributed by atoms with Crippen molar-refractivity contribution in [2.24, 2.45) is 0 Å². The van der Waals surface area contributed by atoms with E-state index in [0.717, 1.165) is 12.3 Å². The molecule has 0 aliphatic carbocycles. The first-order valence-electron chi connectivity index (χ1n) is 3.91. The Morgan fingerprint density at radius 1 is 1.50 bits per heavy atom. The summed E-state index contributed by atoms with van der Waals surface area (Å²) < 4.78 is 36.7. The van der Waals surface area contributed by atoms with Crippen LogP contribution < -0.4 is 4.72 Å². The third kappa shape index (κ3) is 3.07. The Kier molecular flexibility index (Phi) is 3.39. The normalized spacial score (nSPS) is 11.2. The van der Waals surface area contributed by atoms with E-state index in [1.807, 2.05) is 4.72 Å². The molecule has 0 aliphatic heterocycles. The quantitative estimate of drug-likeness (QED) is 0.870. The van der Waals surface area contributed by atoms with Gasteiger partial charge in [0.15, 0.2) is 0 Å². The van der Waals surface area contributed by atoms with Gasteiger partial charge >= 0.3 is 5.97 Å². The van der Waals surface area contributed by atoms with Gasteiger partial charge in [0.2, 0.25) is 10.0 Å². The minimum absolute atomic E-state index is 0.317. The minimum atomic E-state index is -3.69. The topological polar surface area (TPSA) is 83.5 Å². The molecule has 5 nitrogen and oxygen atoms in total. The van der Waals surface area contributed by atoms with Crippen molar-refractivity contribution in [3.63, 3.8) is 0 Å². The van der Waals surface area contributed by atoms with Crippen molar-refractivity contribution in [2.75, 3.05) is 11.0 Å². The highest BCUT2D eigenvalue weighted by Crippen LogP contribution is 2.28. The van der Waals surface area contributed by atoms with Crippen LogP contribution in [0.1, 0.15) is 10.4 Å². The van der Waals surface area contributed by atoms with E-state index in [1.165, 1.54) is 0 Å². The van der Waals surface area contributed by atoms with Gasteiger partial charge in [0.05, 0.1) is 22.5 Å². The second-order valence-electron chi connectivity index (χ2n) is 2.99. The Bertz CT molecular complexity index is 543. The van der Waals surface area contributed by atoms with Gasteiger partial charge in [-0.15, -0.1) is 0 Å². The molecule has 1 aromatic carbocycles. The number of rotatable bonds is 3. The average Bonchev–Trinajstić information content (AvgIpc) is 2.07. The van der Waals surface area contributed by atoms with Crippen LogP contribution in [0.3, 0.4) is 0 Å². The highest BCUT2D eigenvalue weighted by Gasteiger charge is 2.18. The van der Waals surface area contributed by atoms with Crippen molar-refractivity contribution in [1.29, 1.82) is 0 Å². The molecule has 0 spiro atoms. The number of aromatic carboxylic acids is 1. The molecule has 88 valence electrons. The first kappa shape index (κ1) is 12.7. The summed E-state index contributed by atoms with van der Waals surface area (Å²) >= 11 is 5.55. The minimum Gasteiger partial charge on any atom is -0.478 e. The summed E-state index contributed by atoms with van der Waals surface area (Å²) in [4.78, 5) is 10.8. The van der Waals surface area contributed by atoms with Crippen molar-refractivity contribution in [1.82, 2.24) is 0 Å². The standard InChI is InChI=1S/C8H7ClFNO4S/c1-16(14,15)11-7-5(8(12)13)2-4(10)3-6(7)9/h2-3,11H,1H3,(H,12,13). The smallest absolute Gasteiger partial charge is 0.337 e. The van der Waals surface area contributed by atoms with E-state index in [2.05, 4.69) is 0 Å². The summed E-state index contributed by atoms with van der Waals surface area (Å²) in [6.07, 6.45) is 0.832. The lowest BCUT2D eigenvalue weighted by Gasteiger charge is -2.09. The molecule has 8 heteroatoms. The van der Waals surface area contributed by atoms with Gasteiger partial charge in [-0.2, -0.15) is 0 Å². The maximum absolute atomic E-state index is 12.9. The predicted octanol–water partition coefficient (Wildman–Crippen LogP) is 1.55. The third-order valence-corrected chi connectivity index (χ3v) is 2.45. The Labute approximate surface area is 95.9 Å². The van der Waals surface area contributed by atoms with Crippen LogP contribution in [-0.2, 0) is 10.0 Å². The molecule has 16 heavy (non-hydrogen) atoms. The molecule has 0 aromatic heterocycles. The van der Waals surface area contributed by atoms with E-state index in [-0.39, 0.29) is 10.7 Å². The summed E-state index contributed by atoms with van der Waals surface area (Å²) in [6, 6.07) is 1.50. The highest BCUT2D eigenvalue weighted by molar-refractivity contribution is 7.92. The number of halogens is 2. The van der Waals surface area contributed by atoms with Crippen LogP contribution in [0.4, 0.5) is 10.1 Å². The van der Waals surface area contributed by atoms with Gasteiger partial charge in [-0.25, -0.2) is 17.6 Å². The van der Waals surface area contributed by atoms with Crippen molar-refractivity contribution in [2.45, 2.75) is 0 Å². The van der Waals surface area contributed by atoms with Crippen molar-refractivity contribution in [3.05, 3.63) is 28.5 Å². The van der Waals surface area contributed by atoms with Crippen LogP contribution in [0, 0.1) is 5.82 Å². The number of carbonyl (C=O) groups is 1. The van der Waals surface area contributed by atoms with E-state index < -0.39 is 27.4 Å². The van der Waals surface area contributed by atoms with E-state index >= 15 is 0 Å². The Balaban J connectivity index is 3.41. The molecule has 0 saturated heterocycles. The zero-order valence-electron chi connectivity index (χ0n) is 7.99. The molecule has 1 rings (SSSR count). The van der Waals surface area contributed by atoms with Crippen LogP contribution in [0.25, 0.3) is 0 Å². The van der Waals surface area contributed by atoms with Crippen molar-refractivity contribution in [3.8, 4) is 0 Å². The molecule has 0 aliphatic rings. The summed E-state index contributed by atoms with van der Waals surface area (Å²) in [7, 11) is -3.69. The number of sulfonamides is 1. The molecule has 0 atom stereocenters. The number of benzene rings is 1. The number of hydrogen-bond donors (Lipinski definition) is 2. The maximum atomic E-state index is 12.9. The fourth-order valence-electron chi connectivity index (χ4n) is 1.03. The summed E-state index contributed by atoms with van der Waals surface area (Å²) in [5.41, 5.74) is -0.895. The van der Waals surface area contributed by atoms with E-state index in [1.54, 1.807) is 0 Å². The summed E-state index contributed by atoms with van der Waals surface area (Å²) in [5, 5.41) is 8.43. The molecular weight excluding hydrogens is 261 g/mol. The maximum Gasteiger partial charge on any atom is 0.337 e. The fraction of sp³-hybridized carbons (Fsp3) is 0.125. The number of hydrogen-bond acceptors (Lipinski definition) is 3. The molecule has 1 aromatic rings. The lowest BCUT2D eigenvalue weighted by Crippen LogP contribution is -2.14. The van der Waals surface area contributed by atoms with E-state index in [4.69, 9.17) is 16.7 Å². The lowest BCUT2D eigenvalue weighted by molar-refractivity contribution is 0.0697. The monoisotopic (exact) mass is 267 g/mol. The van der Waals surface area contributed by atoms with Gasteiger partial charge in [0.25, 0.3) is 0 Å². The molecule has 2 N–H and O–H groups in total. The molecule has 0 bridgehead atoms. The molecule has 0 heterocycles.